The molecule has 2 aromatic heterocycles. The molecule has 144 valence electrons. The number of amides is 1. The van der Waals surface area contributed by atoms with Crippen molar-refractivity contribution in [3.05, 3.63) is 66.5 Å². The number of nitrogens with zero attached hydrogens (tertiary/aromatic N) is 3. The predicted molar refractivity (Wildman–Crippen MR) is 102 cm³/mol. The van der Waals surface area contributed by atoms with Gasteiger partial charge in [0.05, 0.1) is 6.20 Å². The van der Waals surface area contributed by atoms with Crippen molar-refractivity contribution in [2.45, 2.75) is 18.8 Å². The Balaban J connectivity index is 1.35. The van der Waals surface area contributed by atoms with Crippen LogP contribution in [-0.2, 0) is 4.79 Å². The maximum absolute atomic E-state index is 12.9. The van der Waals surface area contributed by atoms with E-state index in [-0.39, 0.29) is 24.2 Å². The standard InChI is InChI=1S/C21H21FN4O2/c22-18-4-6-19(7-5-18)28-14-21(27)26-9-1-2-16(13-26)20-8-3-15(10-23-20)17-11-24-25-12-17/h3-8,10-12,16H,1-2,9,13-14H2,(H,24,25). The van der Waals surface area contributed by atoms with Gasteiger partial charge in [-0.05, 0) is 43.2 Å². The molecular formula is C21H21FN4O2. The van der Waals surface area contributed by atoms with E-state index in [2.05, 4.69) is 15.2 Å². The monoisotopic (exact) mass is 380 g/mol. The molecule has 1 atom stereocenters. The topological polar surface area (TPSA) is 71.1 Å². The summed E-state index contributed by atoms with van der Waals surface area (Å²) in [5.74, 6) is 0.301. The minimum Gasteiger partial charge on any atom is -0.484 e. The molecule has 1 unspecified atom stereocenters. The molecular weight excluding hydrogens is 359 g/mol. The van der Waals surface area contributed by atoms with E-state index in [1.165, 1.54) is 24.3 Å². The van der Waals surface area contributed by atoms with Crippen LogP contribution in [0.3, 0.4) is 0 Å². The zero-order valence-corrected chi connectivity index (χ0v) is 15.3. The molecule has 1 saturated heterocycles. The van der Waals surface area contributed by atoms with E-state index in [0.29, 0.717) is 12.3 Å². The highest BCUT2D eigenvalue weighted by atomic mass is 19.1. The average molecular weight is 380 g/mol. The number of rotatable bonds is 5. The van der Waals surface area contributed by atoms with Crippen LogP contribution in [0.4, 0.5) is 4.39 Å². The van der Waals surface area contributed by atoms with E-state index in [9.17, 15) is 9.18 Å². The number of piperidine rings is 1. The first kappa shape index (κ1) is 18.2. The number of aromatic amines is 1. The first-order valence-corrected chi connectivity index (χ1v) is 9.30. The highest BCUT2D eigenvalue weighted by Gasteiger charge is 2.25. The fourth-order valence-corrected chi connectivity index (χ4v) is 3.44. The van der Waals surface area contributed by atoms with Gasteiger partial charge in [-0.25, -0.2) is 4.39 Å². The lowest BCUT2D eigenvalue weighted by Gasteiger charge is -2.32. The Bertz CT molecular complexity index is 911. The van der Waals surface area contributed by atoms with Gasteiger partial charge in [0.1, 0.15) is 11.6 Å². The van der Waals surface area contributed by atoms with E-state index in [1.54, 1.807) is 6.20 Å². The maximum Gasteiger partial charge on any atom is 0.260 e. The van der Waals surface area contributed by atoms with Crippen molar-refractivity contribution < 1.29 is 13.9 Å². The quantitative estimate of drug-likeness (QED) is 0.736. The molecule has 0 radical (unpaired) electrons. The van der Waals surface area contributed by atoms with Crippen LogP contribution in [-0.4, -0.2) is 45.7 Å². The molecule has 28 heavy (non-hydrogen) atoms. The molecule has 0 saturated carbocycles. The van der Waals surface area contributed by atoms with Gasteiger partial charge in [-0.1, -0.05) is 6.07 Å². The van der Waals surface area contributed by atoms with Gasteiger partial charge in [0.15, 0.2) is 6.61 Å². The van der Waals surface area contributed by atoms with Crippen LogP contribution in [0.25, 0.3) is 11.1 Å². The van der Waals surface area contributed by atoms with Crippen LogP contribution in [0.2, 0.25) is 0 Å². The second kappa shape index (κ2) is 8.21. The summed E-state index contributed by atoms with van der Waals surface area (Å²) < 4.78 is 18.4. The Morgan fingerprint density at radius 2 is 2.04 bits per heavy atom. The first-order chi connectivity index (χ1) is 13.7. The summed E-state index contributed by atoms with van der Waals surface area (Å²) in [5, 5.41) is 6.76. The normalized spacial score (nSPS) is 16.8. The van der Waals surface area contributed by atoms with E-state index >= 15 is 0 Å². The molecule has 1 fully saturated rings. The van der Waals surface area contributed by atoms with Gasteiger partial charge in [0.2, 0.25) is 0 Å². The molecule has 3 heterocycles. The Kier molecular flexibility index (Phi) is 5.32. The van der Waals surface area contributed by atoms with Gasteiger partial charge in [-0.15, -0.1) is 0 Å². The minimum atomic E-state index is -0.330. The molecule has 0 aliphatic carbocycles. The smallest absolute Gasteiger partial charge is 0.260 e. The van der Waals surface area contributed by atoms with Gasteiger partial charge in [-0.3, -0.25) is 14.9 Å². The lowest BCUT2D eigenvalue weighted by molar-refractivity contribution is -0.134. The number of hydrogen-bond donors (Lipinski definition) is 1. The number of ether oxygens (including phenoxy) is 1. The molecule has 3 aromatic rings. The molecule has 1 aliphatic heterocycles. The van der Waals surface area contributed by atoms with Crippen LogP contribution in [0.1, 0.15) is 24.5 Å². The molecule has 1 aliphatic rings. The van der Waals surface area contributed by atoms with Crippen molar-refractivity contribution in [3.63, 3.8) is 0 Å². The Morgan fingerprint density at radius 1 is 1.18 bits per heavy atom. The lowest BCUT2D eigenvalue weighted by Crippen LogP contribution is -2.41. The summed E-state index contributed by atoms with van der Waals surface area (Å²) in [6.45, 7) is 1.30. The van der Waals surface area contributed by atoms with Crippen LogP contribution >= 0.6 is 0 Å². The maximum atomic E-state index is 12.9. The fraction of sp³-hybridized carbons (Fsp3) is 0.286. The summed E-state index contributed by atoms with van der Waals surface area (Å²) in [6, 6.07) is 9.73. The summed E-state index contributed by atoms with van der Waals surface area (Å²) in [6.07, 6.45) is 7.37. The summed E-state index contributed by atoms with van der Waals surface area (Å²) in [7, 11) is 0. The Morgan fingerprint density at radius 3 is 2.75 bits per heavy atom. The number of aromatic nitrogens is 3. The van der Waals surface area contributed by atoms with Crippen LogP contribution in [0, 0.1) is 5.82 Å². The van der Waals surface area contributed by atoms with E-state index < -0.39 is 0 Å². The van der Waals surface area contributed by atoms with Gasteiger partial charge >= 0.3 is 0 Å². The highest BCUT2D eigenvalue weighted by Crippen LogP contribution is 2.27. The summed E-state index contributed by atoms with van der Waals surface area (Å²) >= 11 is 0. The van der Waals surface area contributed by atoms with E-state index in [0.717, 1.165) is 36.2 Å². The molecule has 0 bridgehead atoms. The van der Waals surface area contributed by atoms with Crippen molar-refractivity contribution in [1.29, 1.82) is 0 Å². The van der Waals surface area contributed by atoms with Crippen LogP contribution < -0.4 is 4.74 Å². The SMILES string of the molecule is O=C(COc1ccc(F)cc1)N1CCCC(c2ccc(-c3cn[nH]c3)cn2)C1. The number of nitrogens with one attached hydrogen (secondary N) is 1. The molecule has 1 amide bonds. The van der Waals surface area contributed by atoms with Crippen molar-refractivity contribution in [2.24, 2.45) is 0 Å². The molecule has 4 rings (SSSR count). The average Bonchev–Trinajstić information content (AvgIpc) is 3.28. The number of carbonyl (C=O) groups is 1. The van der Waals surface area contributed by atoms with Crippen LogP contribution in [0.5, 0.6) is 5.75 Å². The molecule has 1 N–H and O–H groups in total. The Labute approximate surface area is 162 Å². The van der Waals surface area contributed by atoms with Crippen molar-refractivity contribution in [1.82, 2.24) is 20.1 Å². The van der Waals surface area contributed by atoms with Crippen molar-refractivity contribution in [2.75, 3.05) is 19.7 Å². The van der Waals surface area contributed by atoms with Crippen molar-refractivity contribution in [3.8, 4) is 16.9 Å². The Hall–Kier alpha value is -3.22. The molecule has 7 heteroatoms. The van der Waals surface area contributed by atoms with Gasteiger partial charge in [-0.2, -0.15) is 5.10 Å². The molecule has 1 aromatic carbocycles. The number of halogens is 1. The lowest BCUT2D eigenvalue weighted by atomic mass is 9.93. The number of carbonyl (C=O) groups excluding carboxylic acids is 1. The third kappa shape index (κ3) is 4.19. The molecule has 6 nitrogen and oxygen atoms in total. The largest absolute Gasteiger partial charge is 0.484 e. The number of hydrogen-bond acceptors (Lipinski definition) is 4. The number of benzene rings is 1. The highest BCUT2D eigenvalue weighted by molar-refractivity contribution is 5.78. The van der Waals surface area contributed by atoms with Gasteiger partial charge in [0.25, 0.3) is 5.91 Å². The number of likely N-dealkylation sites (tertiary alicyclic amines) is 1. The predicted octanol–water partition coefficient (Wildman–Crippen LogP) is 3.40. The number of H-pyrrole nitrogens is 1. The second-order valence-corrected chi connectivity index (χ2v) is 6.88. The fourth-order valence-electron chi connectivity index (χ4n) is 3.44. The third-order valence-corrected chi connectivity index (χ3v) is 4.99. The van der Waals surface area contributed by atoms with Gasteiger partial charge < -0.3 is 9.64 Å². The van der Waals surface area contributed by atoms with Gasteiger partial charge in [0, 0.05) is 48.2 Å². The van der Waals surface area contributed by atoms with E-state index in [1.807, 2.05) is 29.4 Å². The molecule has 0 spiro atoms. The zero-order chi connectivity index (χ0) is 19.3. The van der Waals surface area contributed by atoms with Crippen molar-refractivity contribution >= 4 is 5.91 Å². The second-order valence-electron chi connectivity index (χ2n) is 6.88. The van der Waals surface area contributed by atoms with E-state index in [4.69, 9.17) is 4.74 Å². The zero-order valence-electron chi connectivity index (χ0n) is 15.3. The minimum absolute atomic E-state index is 0.0504. The van der Waals surface area contributed by atoms with Crippen LogP contribution in [0.15, 0.2) is 55.0 Å². The summed E-state index contributed by atoms with van der Waals surface area (Å²) in [5.41, 5.74) is 3.00. The third-order valence-electron chi connectivity index (χ3n) is 4.99. The number of pyridine rings is 1. The summed E-state index contributed by atoms with van der Waals surface area (Å²) in [4.78, 5) is 19.0. The first-order valence-electron chi connectivity index (χ1n) is 9.30.